The van der Waals surface area contributed by atoms with Crippen LogP contribution in [0.15, 0.2) is 48.5 Å². The minimum Gasteiger partial charge on any atom is -0.493 e. The number of hydrogen-bond donors (Lipinski definition) is 1. The molecule has 2 aromatic carbocycles. The molecule has 0 radical (unpaired) electrons. The zero-order valence-electron chi connectivity index (χ0n) is 13.0. The molecule has 2 atom stereocenters. The molecule has 2 heterocycles. The van der Waals surface area contributed by atoms with Crippen molar-refractivity contribution in [1.82, 2.24) is 5.32 Å². The molecule has 2 aliphatic heterocycles. The third-order valence-corrected chi connectivity index (χ3v) is 4.35. The Kier molecular flexibility index (Phi) is 4.18. The van der Waals surface area contributed by atoms with Gasteiger partial charge in [-0.2, -0.15) is 0 Å². The minimum absolute atomic E-state index is 0.000299. The van der Waals surface area contributed by atoms with Gasteiger partial charge in [-0.15, -0.1) is 0 Å². The average molecular weight is 311 g/mol. The Hall–Kier alpha value is -2.04. The van der Waals surface area contributed by atoms with Crippen molar-refractivity contribution in [3.05, 3.63) is 59.7 Å². The van der Waals surface area contributed by atoms with Crippen molar-refractivity contribution in [3.63, 3.8) is 0 Å². The van der Waals surface area contributed by atoms with Gasteiger partial charge >= 0.3 is 0 Å². The Balaban J connectivity index is 1.60. The summed E-state index contributed by atoms with van der Waals surface area (Å²) in [5, 5.41) is 3.38. The molecule has 4 rings (SSSR count). The van der Waals surface area contributed by atoms with Crippen molar-refractivity contribution >= 4 is 0 Å². The number of ether oxygens (including phenoxy) is 3. The Morgan fingerprint density at radius 3 is 2.83 bits per heavy atom. The van der Waals surface area contributed by atoms with Crippen LogP contribution in [0.25, 0.3) is 0 Å². The normalized spacial score (nSPS) is 21.3. The van der Waals surface area contributed by atoms with E-state index in [1.54, 1.807) is 0 Å². The van der Waals surface area contributed by atoms with Crippen LogP contribution in [-0.4, -0.2) is 32.4 Å². The molecule has 0 saturated carbocycles. The highest BCUT2D eigenvalue weighted by Gasteiger charge is 2.28. The average Bonchev–Trinajstić information content (AvgIpc) is 3.09. The highest BCUT2D eigenvalue weighted by Crippen LogP contribution is 2.33. The Morgan fingerprint density at radius 2 is 2.00 bits per heavy atom. The molecule has 4 heteroatoms. The molecule has 23 heavy (non-hydrogen) atoms. The number of benzene rings is 2. The van der Waals surface area contributed by atoms with Gasteiger partial charge in [0.15, 0.2) is 6.10 Å². The number of fused-ring (bicyclic) bond motifs is 1. The summed E-state index contributed by atoms with van der Waals surface area (Å²) in [4.78, 5) is 0. The number of hydrogen-bond acceptors (Lipinski definition) is 4. The van der Waals surface area contributed by atoms with E-state index >= 15 is 0 Å². The van der Waals surface area contributed by atoms with Crippen LogP contribution in [0.2, 0.25) is 0 Å². The molecular weight excluding hydrogens is 290 g/mol. The summed E-state index contributed by atoms with van der Waals surface area (Å²) in [6, 6.07) is 16.4. The lowest BCUT2D eigenvalue weighted by molar-refractivity contribution is -0.0432. The van der Waals surface area contributed by atoms with Crippen molar-refractivity contribution in [2.24, 2.45) is 0 Å². The lowest BCUT2D eigenvalue weighted by atomic mass is 10.0. The molecule has 1 N–H and O–H groups in total. The molecule has 1 unspecified atom stereocenters. The fourth-order valence-corrected chi connectivity index (χ4v) is 3.15. The Morgan fingerprint density at radius 1 is 1.09 bits per heavy atom. The molecule has 1 saturated heterocycles. The van der Waals surface area contributed by atoms with Crippen molar-refractivity contribution in [2.45, 2.75) is 18.6 Å². The fraction of sp³-hybridized carbons (Fsp3) is 0.368. The van der Waals surface area contributed by atoms with E-state index in [4.69, 9.17) is 14.2 Å². The molecule has 4 nitrogen and oxygen atoms in total. The van der Waals surface area contributed by atoms with Crippen molar-refractivity contribution in [3.8, 4) is 11.5 Å². The van der Waals surface area contributed by atoms with Gasteiger partial charge in [0.2, 0.25) is 0 Å². The predicted octanol–water partition coefficient (Wildman–Crippen LogP) is 2.73. The van der Waals surface area contributed by atoms with Crippen LogP contribution < -0.4 is 14.8 Å². The largest absolute Gasteiger partial charge is 0.493 e. The summed E-state index contributed by atoms with van der Waals surface area (Å²) < 4.78 is 17.9. The van der Waals surface area contributed by atoms with Gasteiger partial charge in [-0.1, -0.05) is 36.4 Å². The van der Waals surface area contributed by atoms with Gasteiger partial charge in [-0.05, 0) is 17.2 Å². The van der Waals surface area contributed by atoms with Gasteiger partial charge in [0, 0.05) is 25.6 Å². The molecule has 0 amide bonds. The van der Waals surface area contributed by atoms with Gasteiger partial charge in [0.25, 0.3) is 0 Å². The first-order valence-electron chi connectivity index (χ1n) is 8.20. The van der Waals surface area contributed by atoms with Crippen molar-refractivity contribution in [2.75, 3.05) is 26.3 Å². The van der Waals surface area contributed by atoms with E-state index in [0.717, 1.165) is 43.2 Å². The SMILES string of the molecule is c1ccc(C(Oc2ccc3c(c2)OCC3)[C@@H]2CNCCO2)cc1. The number of nitrogens with one attached hydrogen (secondary N) is 1. The van der Waals surface area contributed by atoms with Crippen molar-refractivity contribution in [1.29, 1.82) is 0 Å². The van der Waals surface area contributed by atoms with Crippen LogP contribution in [0.4, 0.5) is 0 Å². The third-order valence-electron chi connectivity index (χ3n) is 4.35. The van der Waals surface area contributed by atoms with Crippen LogP contribution in [0.1, 0.15) is 17.2 Å². The lowest BCUT2D eigenvalue weighted by Gasteiger charge is -2.31. The van der Waals surface area contributed by atoms with E-state index in [0.29, 0.717) is 6.61 Å². The summed E-state index contributed by atoms with van der Waals surface area (Å²) in [7, 11) is 0. The van der Waals surface area contributed by atoms with Gasteiger partial charge in [-0.25, -0.2) is 0 Å². The summed E-state index contributed by atoms with van der Waals surface area (Å²) in [5.41, 5.74) is 2.38. The third kappa shape index (κ3) is 3.19. The van der Waals surface area contributed by atoms with E-state index < -0.39 is 0 Å². The summed E-state index contributed by atoms with van der Waals surface area (Å²) in [6.07, 6.45) is 0.844. The second-order valence-electron chi connectivity index (χ2n) is 5.93. The highest BCUT2D eigenvalue weighted by molar-refractivity contribution is 5.43. The summed E-state index contributed by atoms with van der Waals surface area (Å²) in [6.45, 7) is 3.16. The van der Waals surface area contributed by atoms with E-state index in [1.807, 2.05) is 30.3 Å². The van der Waals surface area contributed by atoms with Crippen LogP contribution in [-0.2, 0) is 11.2 Å². The van der Waals surface area contributed by atoms with E-state index in [2.05, 4.69) is 23.5 Å². The van der Waals surface area contributed by atoms with Crippen LogP contribution in [0.5, 0.6) is 11.5 Å². The first kappa shape index (κ1) is 14.5. The molecule has 120 valence electrons. The number of rotatable bonds is 4. The van der Waals surface area contributed by atoms with E-state index in [-0.39, 0.29) is 12.2 Å². The summed E-state index contributed by atoms with van der Waals surface area (Å²) >= 11 is 0. The second-order valence-corrected chi connectivity index (χ2v) is 5.93. The maximum atomic E-state index is 6.32. The molecule has 1 fully saturated rings. The fourth-order valence-electron chi connectivity index (χ4n) is 3.15. The minimum atomic E-state index is -0.136. The second kappa shape index (κ2) is 6.60. The van der Waals surface area contributed by atoms with Crippen LogP contribution >= 0.6 is 0 Å². The highest BCUT2D eigenvalue weighted by atomic mass is 16.5. The molecule has 0 aromatic heterocycles. The maximum Gasteiger partial charge on any atom is 0.151 e. The standard InChI is InChI=1S/C19H21NO3/c1-2-4-15(5-3-1)19(18-13-20-9-11-22-18)23-16-7-6-14-8-10-21-17(14)12-16/h1-7,12,18-20H,8-11,13H2/t18-,19?/m0/s1. The molecule has 0 bridgehead atoms. The zero-order chi connectivity index (χ0) is 15.5. The smallest absolute Gasteiger partial charge is 0.151 e. The lowest BCUT2D eigenvalue weighted by Crippen LogP contribution is -2.43. The van der Waals surface area contributed by atoms with E-state index in [9.17, 15) is 0 Å². The van der Waals surface area contributed by atoms with Crippen LogP contribution in [0.3, 0.4) is 0 Å². The monoisotopic (exact) mass is 311 g/mol. The Bertz CT molecular complexity index is 653. The first-order chi connectivity index (χ1) is 11.4. The first-order valence-corrected chi connectivity index (χ1v) is 8.20. The summed E-state index contributed by atoms with van der Waals surface area (Å²) in [5.74, 6) is 1.77. The topological polar surface area (TPSA) is 39.7 Å². The number of morpholine rings is 1. The maximum absolute atomic E-state index is 6.32. The molecule has 2 aliphatic rings. The Labute approximate surface area is 136 Å². The van der Waals surface area contributed by atoms with Gasteiger partial charge in [-0.3, -0.25) is 0 Å². The van der Waals surface area contributed by atoms with Gasteiger partial charge < -0.3 is 19.5 Å². The quantitative estimate of drug-likeness (QED) is 0.942. The van der Waals surface area contributed by atoms with E-state index in [1.165, 1.54) is 5.56 Å². The van der Waals surface area contributed by atoms with Gasteiger partial charge in [0.05, 0.1) is 13.2 Å². The zero-order valence-corrected chi connectivity index (χ0v) is 13.0. The molecule has 0 aliphatic carbocycles. The van der Waals surface area contributed by atoms with Gasteiger partial charge in [0.1, 0.15) is 17.6 Å². The predicted molar refractivity (Wildman–Crippen MR) is 88.1 cm³/mol. The van der Waals surface area contributed by atoms with Crippen LogP contribution in [0, 0.1) is 0 Å². The van der Waals surface area contributed by atoms with Crippen molar-refractivity contribution < 1.29 is 14.2 Å². The molecule has 2 aromatic rings. The molecular formula is C19H21NO3. The molecule has 0 spiro atoms.